The first-order valence-corrected chi connectivity index (χ1v) is 7.88. The fraction of sp³-hybridized carbons (Fsp3) is 0. The number of anilines is 2. The molecule has 0 saturated carbocycles. The molecule has 0 aliphatic rings. The van der Waals surface area contributed by atoms with Gasteiger partial charge >= 0.3 is 114 Å². The minimum atomic E-state index is 0.379. The van der Waals surface area contributed by atoms with E-state index in [1.54, 1.807) is 0 Å². The molecular formula is C13H10N2Se2. The Morgan fingerprint density at radius 3 is 2.65 bits per heavy atom. The number of benzene rings is 2. The van der Waals surface area contributed by atoms with Crippen molar-refractivity contribution < 1.29 is 0 Å². The fourth-order valence-electron chi connectivity index (χ4n) is 1.68. The molecule has 0 amide bonds. The molecule has 3 aromatic rings. The quantitative estimate of drug-likeness (QED) is 0.709. The monoisotopic (exact) mass is 354 g/mol. The van der Waals surface area contributed by atoms with Gasteiger partial charge < -0.3 is 0 Å². The predicted octanol–water partition coefficient (Wildman–Crippen LogP) is 1.56. The zero-order valence-electron chi connectivity index (χ0n) is 8.92. The number of nitrogens with zero attached hydrogens (tertiary/aromatic N) is 1. The van der Waals surface area contributed by atoms with E-state index in [9.17, 15) is 0 Å². The predicted molar refractivity (Wildman–Crippen MR) is 75.2 cm³/mol. The third kappa shape index (κ3) is 2.46. The van der Waals surface area contributed by atoms with Crippen LogP contribution in [0.3, 0.4) is 0 Å². The molecule has 0 fully saturated rings. The summed E-state index contributed by atoms with van der Waals surface area (Å²) in [6, 6.07) is 16.6. The maximum absolute atomic E-state index is 4.49. The zero-order valence-corrected chi connectivity index (χ0v) is 12.5. The van der Waals surface area contributed by atoms with E-state index >= 15 is 0 Å². The van der Waals surface area contributed by atoms with Crippen molar-refractivity contribution in [1.29, 1.82) is 0 Å². The average molecular weight is 352 g/mol. The average Bonchev–Trinajstić information content (AvgIpc) is 2.70. The van der Waals surface area contributed by atoms with Gasteiger partial charge in [-0.05, 0) is 0 Å². The van der Waals surface area contributed by atoms with E-state index in [1.165, 1.54) is 7.73 Å². The Kier molecular flexibility index (Phi) is 3.04. The molecule has 84 valence electrons. The van der Waals surface area contributed by atoms with E-state index in [2.05, 4.69) is 56.6 Å². The van der Waals surface area contributed by atoms with Gasteiger partial charge in [0.25, 0.3) is 0 Å². The van der Waals surface area contributed by atoms with Crippen molar-refractivity contribution in [2.75, 3.05) is 5.32 Å². The molecule has 0 saturated heterocycles. The van der Waals surface area contributed by atoms with Gasteiger partial charge in [-0.3, -0.25) is 0 Å². The van der Waals surface area contributed by atoms with E-state index < -0.39 is 0 Å². The molecular weight excluding hydrogens is 342 g/mol. The van der Waals surface area contributed by atoms with Crippen LogP contribution in [0.4, 0.5) is 11.4 Å². The first-order valence-electron chi connectivity index (χ1n) is 5.23. The van der Waals surface area contributed by atoms with E-state index in [0.717, 1.165) is 16.9 Å². The molecule has 4 heteroatoms. The second kappa shape index (κ2) is 4.67. The fourth-order valence-corrected chi connectivity index (χ4v) is 4.54. The van der Waals surface area contributed by atoms with Crippen molar-refractivity contribution in [2.45, 2.75) is 0 Å². The maximum atomic E-state index is 4.49. The van der Waals surface area contributed by atoms with Gasteiger partial charge in [0.05, 0.1) is 0 Å². The van der Waals surface area contributed by atoms with Gasteiger partial charge in [0.2, 0.25) is 0 Å². The molecule has 0 aliphatic heterocycles. The number of rotatable bonds is 2. The van der Waals surface area contributed by atoms with Crippen LogP contribution < -0.4 is 8.78 Å². The first-order chi connectivity index (χ1) is 8.31. The minimum absolute atomic E-state index is 0.379. The number of nitrogens with one attached hydrogen (secondary N) is 1. The summed E-state index contributed by atoms with van der Waals surface area (Å²) in [6.45, 7) is 0. The summed E-state index contributed by atoms with van der Waals surface area (Å²) >= 11 is 2.94. The van der Waals surface area contributed by atoms with Gasteiger partial charge in [0.15, 0.2) is 0 Å². The first kappa shape index (κ1) is 11.1. The Morgan fingerprint density at radius 1 is 1.00 bits per heavy atom. The molecule has 0 spiro atoms. The van der Waals surface area contributed by atoms with Crippen LogP contribution in [0, 0.1) is 0 Å². The third-order valence-corrected chi connectivity index (χ3v) is 5.37. The number of hydrogen-bond acceptors (Lipinski definition) is 2. The summed E-state index contributed by atoms with van der Waals surface area (Å²) in [5, 5.41) is 3.40. The summed E-state index contributed by atoms with van der Waals surface area (Å²) in [7, 11) is 0. The molecule has 17 heavy (non-hydrogen) atoms. The topological polar surface area (TPSA) is 24.9 Å². The molecule has 0 bridgehead atoms. The standard InChI is InChI=1S/C13H10N2Se2/c16-13-15-11-7-6-10(8-12(11)17-13)14-9-4-2-1-3-5-9/h1-8,14H,(H,15,16). The van der Waals surface area contributed by atoms with E-state index in [4.69, 9.17) is 0 Å². The van der Waals surface area contributed by atoms with Gasteiger partial charge in [-0.25, -0.2) is 0 Å². The van der Waals surface area contributed by atoms with Crippen LogP contribution in [0.25, 0.3) is 9.78 Å². The number of para-hydroxylation sites is 1. The molecule has 0 aliphatic carbocycles. The second-order valence-corrected chi connectivity index (χ2v) is 8.20. The molecule has 3 rings (SSSR count). The van der Waals surface area contributed by atoms with Gasteiger partial charge in [-0.15, -0.1) is 0 Å². The van der Waals surface area contributed by atoms with Crippen molar-refractivity contribution in [1.82, 2.24) is 4.98 Å². The van der Waals surface area contributed by atoms with Crippen LogP contribution in [0.1, 0.15) is 0 Å². The summed E-state index contributed by atoms with van der Waals surface area (Å²) in [4.78, 5) is 4.49. The SMILES string of the molecule is [SeH]c1nc2ccc(Nc3ccccc3)cc2[se]1. The summed E-state index contributed by atoms with van der Waals surface area (Å²) in [6.07, 6.45) is 0. The summed E-state index contributed by atoms with van der Waals surface area (Å²) in [5.41, 5.74) is 3.37. The van der Waals surface area contributed by atoms with Crippen LogP contribution in [0.5, 0.6) is 0 Å². The van der Waals surface area contributed by atoms with Crippen LogP contribution in [-0.4, -0.2) is 35.5 Å². The third-order valence-electron chi connectivity index (χ3n) is 2.44. The van der Waals surface area contributed by atoms with Gasteiger partial charge in [0, 0.05) is 0 Å². The molecule has 2 nitrogen and oxygen atoms in total. The molecule has 0 atom stereocenters. The Hall–Kier alpha value is -1.05. The van der Waals surface area contributed by atoms with Crippen molar-refractivity contribution in [3.8, 4) is 0 Å². The van der Waals surface area contributed by atoms with Crippen LogP contribution in [0.2, 0.25) is 0 Å². The molecule has 1 N–H and O–H groups in total. The summed E-state index contributed by atoms with van der Waals surface area (Å²) < 4.78 is 2.55. The van der Waals surface area contributed by atoms with E-state index in [0.29, 0.717) is 14.5 Å². The molecule has 1 heterocycles. The zero-order chi connectivity index (χ0) is 11.7. The number of fused-ring (bicyclic) bond motifs is 1. The van der Waals surface area contributed by atoms with E-state index in [-0.39, 0.29) is 0 Å². The van der Waals surface area contributed by atoms with Crippen molar-refractivity contribution in [3.63, 3.8) is 0 Å². The molecule has 2 aromatic carbocycles. The Morgan fingerprint density at radius 2 is 1.82 bits per heavy atom. The van der Waals surface area contributed by atoms with Crippen molar-refractivity contribution >= 4 is 55.1 Å². The molecule has 1 aromatic heterocycles. The van der Waals surface area contributed by atoms with E-state index in [1.807, 2.05) is 18.2 Å². The number of hydrogen-bond donors (Lipinski definition) is 1. The van der Waals surface area contributed by atoms with Gasteiger partial charge in [-0.1, -0.05) is 0 Å². The van der Waals surface area contributed by atoms with Crippen LogP contribution in [-0.2, 0) is 0 Å². The molecule has 0 radical (unpaired) electrons. The normalized spacial score (nSPS) is 10.6. The number of aromatic nitrogens is 1. The van der Waals surface area contributed by atoms with Crippen LogP contribution in [0.15, 0.2) is 48.5 Å². The van der Waals surface area contributed by atoms with Gasteiger partial charge in [-0.2, -0.15) is 0 Å². The molecule has 0 unspecified atom stereocenters. The van der Waals surface area contributed by atoms with Crippen LogP contribution >= 0.6 is 0 Å². The summed E-state index contributed by atoms with van der Waals surface area (Å²) in [5.74, 6) is 0. The Labute approximate surface area is 114 Å². The van der Waals surface area contributed by atoms with Crippen molar-refractivity contribution in [3.05, 3.63) is 48.5 Å². The van der Waals surface area contributed by atoms with Gasteiger partial charge in [0.1, 0.15) is 0 Å². The Balaban J connectivity index is 1.95. The van der Waals surface area contributed by atoms with Crippen molar-refractivity contribution in [2.24, 2.45) is 0 Å². The second-order valence-electron chi connectivity index (χ2n) is 3.67. The Bertz CT molecular complexity index is 647.